The number of hydrogen-bond acceptors (Lipinski definition) is 3. The fourth-order valence-corrected chi connectivity index (χ4v) is 2.80. The van der Waals surface area contributed by atoms with Gasteiger partial charge in [0.25, 0.3) is 0 Å². The predicted octanol–water partition coefficient (Wildman–Crippen LogP) is 2.30. The van der Waals surface area contributed by atoms with Gasteiger partial charge in [0.2, 0.25) is 0 Å². The third-order valence-electron chi connectivity index (χ3n) is 3.23. The monoisotopic (exact) mass is 297 g/mol. The van der Waals surface area contributed by atoms with Gasteiger partial charge in [0, 0.05) is 49.1 Å². The lowest BCUT2D eigenvalue weighted by molar-refractivity contribution is 0.313. The lowest BCUT2D eigenvalue weighted by Crippen LogP contribution is -2.31. The van der Waals surface area contributed by atoms with E-state index >= 15 is 0 Å². The second-order valence-electron chi connectivity index (χ2n) is 4.53. The molecule has 1 aliphatic rings. The van der Waals surface area contributed by atoms with Gasteiger partial charge in [0.1, 0.15) is 0 Å². The summed E-state index contributed by atoms with van der Waals surface area (Å²) in [6, 6.07) is 4.30. The van der Waals surface area contributed by atoms with E-state index in [1.807, 2.05) is 6.20 Å². The Labute approximate surface area is 112 Å². The molecule has 0 amide bonds. The van der Waals surface area contributed by atoms with Crippen LogP contribution >= 0.6 is 15.9 Å². The molecule has 0 saturated carbocycles. The first-order valence-corrected chi connectivity index (χ1v) is 7.37. The molecular formula is C13H20BrN3. The van der Waals surface area contributed by atoms with Crippen LogP contribution in [-0.4, -0.2) is 47.9 Å². The zero-order valence-corrected chi connectivity index (χ0v) is 12.0. The highest BCUT2D eigenvalue weighted by molar-refractivity contribution is 9.09. The molecule has 1 saturated heterocycles. The van der Waals surface area contributed by atoms with Crippen molar-refractivity contribution in [2.24, 2.45) is 0 Å². The Morgan fingerprint density at radius 2 is 2.18 bits per heavy atom. The molecule has 0 atom stereocenters. The lowest BCUT2D eigenvalue weighted by Gasteiger charge is -2.23. The number of nitrogens with zero attached hydrogens (tertiary/aromatic N) is 3. The van der Waals surface area contributed by atoms with E-state index in [4.69, 9.17) is 0 Å². The summed E-state index contributed by atoms with van der Waals surface area (Å²) in [6.07, 6.45) is 3.15. The smallest absolute Gasteiger partial charge is 0.0400 e. The number of hydrogen-bond donors (Lipinski definition) is 0. The van der Waals surface area contributed by atoms with E-state index in [0.29, 0.717) is 0 Å². The third-order valence-corrected chi connectivity index (χ3v) is 3.59. The topological polar surface area (TPSA) is 19.4 Å². The van der Waals surface area contributed by atoms with Crippen LogP contribution in [0.1, 0.15) is 12.1 Å². The highest BCUT2D eigenvalue weighted by atomic mass is 79.9. The molecule has 1 fully saturated rings. The molecule has 0 bridgehead atoms. The summed E-state index contributed by atoms with van der Waals surface area (Å²) in [5.74, 6) is 0. The van der Waals surface area contributed by atoms with Crippen LogP contribution in [0, 0.1) is 6.92 Å². The average Bonchev–Trinajstić information content (AvgIpc) is 2.55. The van der Waals surface area contributed by atoms with Gasteiger partial charge in [-0.3, -0.25) is 4.98 Å². The van der Waals surface area contributed by atoms with E-state index in [0.717, 1.165) is 37.2 Å². The van der Waals surface area contributed by atoms with E-state index < -0.39 is 0 Å². The zero-order chi connectivity index (χ0) is 12.1. The predicted molar refractivity (Wildman–Crippen MR) is 76.0 cm³/mol. The van der Waals surface area contributed by atoms with E-state index in [1.54, 1.807) is 0 Å². The molecule has 1 aromatic heterocycles. The van der Waals surface area contributed by atoms with Crippen LogP contribution in [0.3, 0.4) is 0 Å². The van der Waals surface area contributed by atoms with Crippen LogP contribution in [0.25, 0.3) is 0 Å². The molecule has 1 aromatic rings. The van der Waals surface area contributed by atoms with Crippen molar-refractivity contribution < 1.29 is 0 Å². The number of halogens is 1. The molecule has 3 nitrogen and oxygen atoms in total. The maximum absolute atomic E-state index is 4.26. The number of aryl methyl sites for hydroxylation is 1. The summed E-state index contributed by atoms with van der Waals surface area (Å²) in [5, 5.41) is 1.07. The number of pyridine rings is 1. The standard InChI is InChI=1S/C13H20BrN3/c1-12-11-13(3-5-15-12)17-7-2-6-16(8-4-14)9-10-17/h3,5,11H,2,4,6-10H2,1H3. The molecule has 94 valence electrons. The first-order chi connectivity index (χ1) is 8.29. The average molecular weight is 298 g/mol. The maximum atomic E-state index is 4.26. The van der Waals surface area contributed by atoms with Crippen molar-refractivity contribution >= 4 is 21.6 Å². The normalized spacial score (nSPS) is 18.1. The van der Waals surface area contributed by atoms with Crippen LogP contribution < -0.4 is 4.90 Å². The maximum Gasteiger partial charge on any atom is 0.0400 e. The first kappa shape index (κ1) is 12.8. The minimum atomic E-state index is 1.07. The number of anilines is 1. The molecule has 17 heavy (non-hydrogen) atoms. The number of alkyl halides is 1. The fraction of sp³-hybridized carbons (Fsp3) is 0.615. The van der Waals surface area contributed by atoms with E-state index in [-0.39, 0.29) is 0 Å². The lowest BCUT2D eigenvalue weighted by atomic mass is 10.3. The van der Waals surface area contributed by atoms with Gasteiger partial charge >= 0.3 is 0 Å². The molecular weight excluding hydrogens is 278 g/mol. The van der Waals surface area contributed by atoms with Crippen molar-refractivity contribution in [1.82, 2.24) is 9.88 Å². The van der Waals surface area contributed by atoms with Gasteiger partial charge in [-0.1, -0.05) is 15.9 Å². The summed E-state index contributed by atoms with van der Waals surface area (Å²) in [5.41, 5.74) is 2.42. The van der Waals surface area contributed by atoms with E-state index in [2.05, 4.69) is 49.8 Å². The molecule has 2 rings (SSSR count). The summed E-state index contributed by atoms with van der Waals surface area (Å²) in [6.45, 7) is 7.86. The van der Waals surface area contributed by atoms with Gasteiger partial charge < -0.3 is 9.80 Å². The summed E-state index contributed by atoms with van der Waals surface area (Å²) in [7, 11) is 0. The fourth-order valence-electron chi connectivity index (χ4n) is 2.30. The third kappa shape index (κ3) is 3.68. The van der Waals surface area contributed by atoms with E-state index in [1.165, 1.54) is 18.7 Å². The van der Waals surface area contributed by atoms with Gasteiger partial charge in [-0.15, -0.1) is 0 Å². The second kappa shape index (κ2) is 6.36. The van der Waals surface area contributed by atoms with Crippen molar-refractivity contribution in [3.8, 4) is 0 Å². The van der Waals surface area contributed by atoms with Crippen LogP contribution in [0.4, 0.5) is 5.69 Å². The Morgan fingerprint density at radius 3 is 2.94 bits per heavy atom. The largest absolute Gasteiger partial charge is 0.370 e. The van der Waals surface area contributed by atoms with Crippen LogP contribution in [0.5, 0.6) is 0 Å². The summed E-state index contributed by atoms with van der Waals surface area (Å²) >= 11 is 3.52. The zero-order valence-electron chi connectivity index (χ0n) is 10.4. The Balaban J connectivity index is 1.99. The molecule has 2 heterocycles. The number of aromatic nitrogens is 1. The van der Waals surface area contributed by atoms with Crippen molar-refractivity contribution in [2.45, 2.75) is 13.3 Å². The Hall–Kier alpha value is -0.610. The van der Waals surface area contributed by atoms with Gasteiger partial charge in [0.05, 0.1) is 0 Å². The SMILES string of the molecule is Cc1cc(N2CCCN(CCBr)CC2)ccn1. The molecule has 0 N–H and O–H groups in total. The molecule has 0 unspecified atom stereocenters. The van der Waals surface area contributed by atoms with Crippen molar-refractivity contribution in [1.29, 1.82) is 0 Å². The Morgan fingerprint density at radius 1 is 1.29 bits per heavy atom. The first-order valence-electron chi connectivity index (χ1n) is 6.25. The van der Waals surface area contributed by atoms with Crippen molar-refractivity contribution in [3.05, 3.63) is 24.0 Å². The molecule has 0 aliphatic carbocycles. The van der Waals surface area contributed by atoms with Crippen molar-refractivity contribution in [3.63, 3.8) is 0 Å². The Kier molecular flexibility index (Phi) is 4.80. The van der Waals surface area contributed by atoms with E-state index in [9.17, 15) is 0 Å². The summed E-state index contributed by atoms with van der Waals surface area (Å²) < 4.78 is 0. The molecule has 1 aliphatic heterocycles. The highest BCUT2D eigenvalue weighted by Gasteiger charge is 2.14. The molecule has 0 spiro atoms. The molecule has 4 heteroatoms. The highest BCUT2D eigenvalue weighted by Crippen LogP contribution is 2.16. The van der Waals surface area contributed by atoms with Crippen molar-refractivity contribution in [2.75, 3.05) is 43.0 Å². The quantitative estimate of drug-likeness (QED) is 0.798. The minimum absolute atomic E-state index is 1.07. The van der Waals surface area contributed by atoms with Gasteiger partial charge in [-0.25, -0.2) is 0 Å². The summed E-state index contributed by atoms with van der Waals surface area (Å²) in [4.78, 5) is 9.26. The van der Waals surface area contributed by atoms with Crippen LogP contribution in [0.15, 0.2) is 18.3 Å². The second-order valence-corrected chi connectivity index (χ2v) is 5.32. The molecule has 0 aromatic carbocycles. The Bertz CT molecular complexity index is 356. The minimum Gasteiger partial charge on any atom is -0.370 e. The van der Waals surface area contributed by atoms with Gasteiger partial charge in [-0.05, 0) is 32.0 Å². The number of rotatable bonds is 3. The van der Waals surface area contributed by atoms with Crippen LogP contribution in [-0.2, 0) is 0 Å². The van der Waals surface area contributed by atoms with Gasteiger partial charge in [-0.2, -0.15) is 0 Å². The van der Waals surface area contributed by atoms with Gasteiger partial charge in [0.15, 0.2) is 0 Å². The molecule has 0 radical (unpaired) electrons. The van der Waals surface area contributed by atoms with Crippen LogP contribution in [0.2, 0.25) is 0 Å².